The molecule has 0 fully saturated rings. The number of aromatic nitrogens is 1. The Hall–Kier alpha value is -3.09. The number of aryl methyl sites for hydroxylation is 2. The summed E-state index contributed by atoms with van der Waals surface area (Å²) in [6, 6.07) is 9.89. The molecule has 1 aromatic heterocycles. The van der Waals surface area contributed by atoms with Gasteiger partial charge < -0.3 is 10.3 Å². The zero-order valence-electron chi connectivity index (χ0n) is 15.4. The van der Waals surface area contributed by atoms with Crippen LogP contribution in [0.25, 0.3) is 10.9 Å². The third-order valence-corrected chi connectivity index (χ3v) is 4.67. The van der Waals surface area contributed by atoms with Crippen molar-refractivity contribution in [3.63, 3.8) is 0 Å². The molecule has 0 bridgehead atoms. The number of carbonyl (C=O) groups is 1. The highest BCUT2D eigenvalue weighted by Gasteiger charge is 2.30. The molecule has 4 nitrogen and oxygen atoms in total. The van der Waals surface area contributed by atoms with Crippen molar-refractivity contribution < 1.29 is 18.0 Å². The lowest BCUT2D eigenvalue weighted by Gasteiger charge is -2.10. The van der Waals surface area contributed by atoms with Crippen LogP contribution < -0.4 is 10.9 Å². The highest BCUT2D eigenvalue weighted by atomic mass is 19.4. The minimum absolute atomic E-state index is 0.0756. The molecule has 0 saturated heterocycles. The number of rotatable bonds is 4. The standard InChI is InChI=1S/C21H19F3N2O2/c1-12-8-16-10-15(20(28)26-18(16)9-13(12)2)6-7-25-19(27)14-4-3-5-17(11-14)21(22,23)24/h3-5,8-11H,6-7H2,1-2H3,(H,25,27)(H,26,28). The molecule has 0 aliphatic rings. The maximum absolute atomic E-state index is 12.8. The molecule has 0 spiro atoms. The zero-order chi connectivity index (χ0) is 20.5. The Bertz CT molecular complexity index is 1100. The Morgan fingerprint density at radius 1 is 1.07 bits per heavy atom. The first-order chi connectivity index (χ1) is 13.1. The Morgan fingerprint density at radius 2 is 1.79 bits per heavy atom. The highest BCUT2D eigenvalue weighted by Crippen LogP contribution is 2.29. The van der Waals surface area contributed by atoms with Crippen molar-refractivity contribution in [2.75, 3.05) is 6.54 Å². The molecular formula is C21H19F3N2O2. The van der Waals surface area contributed by atoms with Crippen LogP contribution in [0.15, 0.2) is 47.3 Å². The number of alkyl halides is 3. The molecule has 146 valence electrons. The van der Waals surface area contributed by atoms with Gasteiger partial charge in [-0.3, -0.25) is 9.59 Å². The zero-order valence-corrected chi connectivity index (χ0v) is 15.4. The van der Waals surface area contributed by atoms with Gasteiger partial charge in [0, 0.05) is 23.2 Å². The van der Waals surface area contributed by atoms with Gasteiger partial charge in [0.1, 0.15) is 0 Å². The summed E-state index contributed by atoms with van der Waals surface area (Å²) < 4.78 is 38.3. The van der Waals surface area contributed by atoms with E-state index in [1.165, 1.54) is 12.1 Å². The van der Waals surface area contributed by atoms with Crippen LogP contribution in [0.1, 0.15) is 32.6 Å². The van der Waals surface area contributed by atoms with Gasteiger partial charge in [-0.15, -0.1) is 0 Å². The largest absolute Gasteiger partial charge is 0.416 e. The summed E-state index contributed by atoms with van der Waals surface area (Å²) in [5, 5.41) is 3.45. The molecule has 1 amide bonds. The average molecular weight is 388 g/mol. The normalized spacial score (nSPS) is 11.6. The summed E-state index contributed by atoms with van der Waals surface area (Å²) in [6.45, 7) is 4.08. The number of halogens is 3. The molecule has 28 heavy (non-hydrogen) atoms. The van der Waals surface area contributed by atoms with Crippen LogP contribution in [0, 0.1) is 13.8 Å². The van der Waals surface area contributed by atoms with Crippen molar-refractivity contribution in [2.24, 2.45) is 0 Å². The molecular weight excluding hydrogens is 369 g/mol. The van der Waals surface area contributed by atoms with Crippen molar-refractivity contribution in [2.45, 2.75) is 26.4 Å². The van der Waals surface area contributed by atoms with Gasteiger partial charge in [0.05, 0.1) is 5.56 Å². The van der Waals surface area contributed by atoms with E-state index in [1.807, 2.05) is 26.0 Å². The quantitative estimate of drug-likeness (QED) is 0.706. The number of fused-ring (bicyclic) bond motifs is 1. The molecule has 2 aromatic carbocycles. The highest BCUT2D eigenvalue weighted by molar-refractivity contribution is 5.94. The second-order valence-electron chi connectivity index (χ2n) is 6.73. The molecule has 0 saturated carbocycles. The number of hydrogen-bond donors (Lipinski definition) is 2. The van der Waals surface area contributed by atoms with Crippen molar-refractivity contribution in [1.82, 2.24) is 10.3 Å². The van der Waals surface area contributed by atoms with E-state index in [4.69, 9.17) is 0 Å². The predicted molar refractivity (Wildman–Crippen MR) is 102 cm³/mol. The van der Waals surface area contributed by atoms with Gasteiger partial charge in [0.25, 0.3) is 11.5 Å². The van der Waals surface area contributed by atoms with Crippen molar-refractivity contribution in [3.8, 4) is 0 Å². The molecule has 1 heterocycles. The number of pyridine rings is 1. The molecule has 0 atom stereocenters. The Morgan fingerprint density at radius 3 is 2.50 bits per heavy atom. The van der Waals surface area contributed by atoms with Crippen LogP contribution in [0.3, 0.4) is 0 Å². The van der Waals surface area contributed by atoms with E-state index < -0.39 is 17.6 Å². The van der Waals surface area contributed by atoms with Gasteiger partial charge in [-0.2, -0.15) is 13.2 Å². The van der Waals surface area contributed by atoms with Crippen LogP contribution in [0.2, 0.25) is 0 Å². The first kappa shape index (κ1) is 19.7. The van der Waals surface area contributed by atoms with Crippen LogP contribution >= 0.6 is 0 Å². The van der Waals surface area contributed by atoms with Gasteiger partial charge >= 0.3 is 6.18 Å². The van der Waals surface area contributed by atoms with E-state index in [2.05, 4.69) is 10.3 Å². The topological polar surface area (TPSA) is 62.0 Å². The molecule has 3 aromatic rings. The van der Waals surface area contributed by atoms with Crippen molar-refractivity contribution in [3.05, 3.63) is 80.6 Å². The van der Waals surface area contributed by atoms with E-state index in [0.717, 1.165) is 34.2 Å². The number of H-pyrrole nitrogens is 1. The van der Waals surface area contributed by atoms with Crippen LogP contribution in [-0.2, 0) is 12.6 Å². The average Bonchev–Trinajstić information content (AvgIpc) is 2.63. The maximum Gasteiger partial charge on any atom is 0.416 e. The van der Waals surface area contributed by atoms with Gasteiger partial charge in [0.15, 0.2) is 0 Å². The number of aromatic amines is 1. The van der Waals surface area contributed by atoms with E-state index >= 15 is 0 Å². The minimum Gasteiger partial charge on any atom is -0.352 e. The summed E-state index contributed by atoms with van der Waals surface area (Å²) in [5.74, 6) is -0.616. The third kappa shape index (κ3) is 4.24. The maximum atomic E-state index is 12.8. The van der Waals surface area contributed by atoms with E-state index in [9.17, 15) is 22.8 Å². The molecule has 0 aliphatic heterocycles. The van der Waals surface area contributed by atoms with Crippen molar-refractivity contribution in [1.29, 1.82) is 0 Å². The number of hydrogen-bond acceptors (Lipinski definition) is 2. The van der Waals surface area contributed by atoms with Crippen LogP contribution in [-0.4, -0.2) is 17.4 Å². The first-order valence-electron chi connectivity index (χ1n) is 8.74. The number of nitrogens with one attached hydrogen (secondary N) is 2. The monoisotopic (exact) mass is 388 g/mol. The van der Waals surface area contributed by atoms with Gasteiger partial charge in [-0.05, 0) is 73.2 Å². The van der Waals surface area contributed by atoms with E-state index in [-0.39, 0.29) is 24.1 Å². The third-order valence-electron chi connectivity index (χ3n) is 4.67. The van der Waals surface area contributed by atoms with E-state index in [1.54, 1.807) is 6.07 Å². The fourth-order valence-electron chi connectivity index (χ4n) is 2.96. The lowest BCUT2D eigenvalue weighted by atomic mass is 10.0. The Kier molecular flexibility index (Phi) is 5.27. The molecule has 3 rings (SSSR count). The second kappa shape index (κ2) is 7.50. The second-order valence-corrected chi connectivity index (χ2v) is 6.73. The van der Waals surface area contributed by atoms with Crippen LogP contribution in [0.4, 0.5) is 13.2 Å². The lowest BCUT2D eigenvalue weighted by Crippen LogP contribution is -2.27. The molecule has 7 heteroatoms. The SMILES string of the molecule is Cc1cc2cc(CCNC(=O)c3cccc(C(F)(F)F)c3)c(=O)[nH]c2cc1C. The van der Waals surface area contributed by atoms with E-state index in [0.29, 0.717) is 5.56 Å². The molecule has 0 unspecified atom stereocenters. The minimum atomic E-state index is -4.51. The van der Waals surface area contributed by atoms with Crippen LogP contribution in [0.5, 0.6) is 0 Å². The number of carbonyl (C=O) groups excluding carboxylic acids is 1. The fraction of sp³-hybridized carbons (Fsp3) is 0.238. The molecule has 2 N–H and O–H groups in total. The summed E-state index contributed by atoms with van der Waals surface area (Å²) in [4.78, 5) is 27.2. The van der Waals surface area contributed by atoms with Crippen molar-refractivity contribution >= 4 is 16.8 Å². The summed E-state index contributed by atoms with van der Waals surface area (Å²) in [5.41, 5.74) is 2.21. The predicted octanol–water partition coefficient (Wildman–Crippen LogP) is 4.14. The fourth-order valence-corrected chi connectivity index (χ4v) is 2.96. The number of amides is 1. The Balaban J connectivity index is 1.71. The Labute approximate surface area is 159 Å². The summed E-state index contributed by atoms with van der Waals surface area (Å²) in [7, 11) is 0. The van der Waals surface area contributed by atoms with Gasteiger partial charge in [0.2, 0.25) is 0 Å². The van der Waals surface area contributed by atoms with Gasteiger partial charge in [-0.25, -0.2) is 0 Å². The smallest absolute Gasteiger partial charge is 0.352 e. The molecule has 0 aliphatic carbocycles. The first-order valence-corrected chi connectivity index (χ1v) is 8.74. The van der Waals surface area contributed by atoms with Gasteiger partial charge in [-0.1, -0.05) is 6.07 Å². The summed E-state index contributed by atoms with van der Waals surface area (Å²) in [6.07, 6.45) is -4.24. The summed E-state index contributed by atoms with van der Waals surface area (Å²) >= 11 is 0. The lowest BCUT2D eigenvalue weighted by molar-refractivity contribution is -0.137. The molecule has 0 radical (unpaired) electrons. The number of benzene rings is 2.